The zero-order chi connectivity index (χ0) is 22.7. The molecule has 0 saturated heterocycles. The van der Waals surface area contributed by atoms with Crippen LogP contribution < -0.4 is 10.0 Å². The van der Waals surface area contributed by atoms with Crippen LogP contribution in [0.5, 0.6) is 0 Å². The maximum absolute atomic E-state index is 12.5. The summed E-state index contributed by atoms with van der Waals surface area (Å²) in [5, 5.41) is 6.65. The lowest BCUT2D eigenvalue weighted by Crippen LogP contribution is -2.26. The third-order valence-corrected chi connectivity index (χ3v) is 6.03. The van der Waals surface area contributed by atoms with E-state index in [-0.39, 0.29) is 16.5 Å². The van der Waals surface area contributed by atoms with Crippen molar-refractivity contribution in [3.05, 3.63) is 84.1 Å². The number of aromatic nitrogens is 2. The molecule has 0 bridgehead atoms. The van der Waals surface area contributed by atoms with Crippen molar-refractivity contribution in [2.45, 2.75) is 24.8 Å². The molecule has 0 saturated carbocycles. The Balaban J connectivity index is 1.44. The third-order valence-electron chi connectivity index (χ3n) is 4.63. The van der Waals surface area contributed by atoms with Gasteiger partial charge in [0.15, 0.2) is 5.76 Å². The Bertz CT molecular complexity index is 1310. The Morgan fingerprint density at radius 2 is 1.75 bits per heavy atom. The third kappa shape index (κ3) is 4.70. The van der Waals surface area contributed by atoms with E-state index in [4.69, 9.17) is 8.94 Å². The summed E-state index contributed by atoms with van der Waals surface area (Å²) in [6.45, 7) is 3.60. The summed E-state index contributed by atoms with van der Waals surface area (Å²) >= 11 is 0. The number of anilines is 1. The molecule has 2 aromatic carbocycles. The molecule has 1 amide bonds. The van der Waals surface area contributed by atoms with Crippen molar-refractivity contribution in [3.8, 4) is 11.4 Å². The van der Waals surface area contributed by atoms with Crippen LogP contribution in [0.3, 0.4) is 0 Å². The molecule has 0 radical (unpaired) electrons. The molecule has 0 aliphatic carbocycles. The quantitative estimate of drug-likeness (QED) is 0.435. The minimum Gasteiger partial charge on any atom is -0.459 e. The number of hydrogen-bond acceptors (Lipinski definition) is 7. The van der Waals surface area contributed by atoms with Crippen LogP contribution in [0.2, 0.25) is 0 Å². The maximum Gasteiger partial charge on any atom is 0.287 e. The number of rotatable bonds is 7. The van der Waals surface area contributed by atoms with Crippen molar-refractivity contribution < 1.29 is 22.2 Å². The lowest BCUT2D eigenvalue weighted by atomic mass is 10.2. The fraction of sp³-hybridized carbons (Fsp3) is 0.136. The fourth-order valence-electron chi connectivity index (χ4n) is 2.88. The molecule has 0 fully saturated rings. The summed E-state index contributed by atoms with van der Waals surface area (Å²) in [7, 11) is -3.69. The number of nitrogens with zero attached hydrogens (tertiary/aromatic N) is 2. The molecule has 2 N–H and O–H groups in total. The largest absolute Gasteiger partial charge is 0.459 e. The number of aryl methyl sites for hydroxylation is 1. The van der Waals surface area contributed by atoms with Crippen molar-refractivity contribution in [3.63, 3.8) is 0 Å². The summed E-state index contributed by atoms with van der Waals surface area (Å²) in [5.41, 5.74) is 2.00. The summed E-state index contributed by atoms with van der Waals surface area (Å²) in [5.74, 6) is 0.323. The summed E-state index contributed by atoms with van der Waals surface area (Å²) in [4.78, 5) is 16.6. The monoisotopic (exact) mass is 452 g/mol. The van der Waals surface area contributed by atoms with Gasteiger partial charge in [-0.2, -0.15) is 4.98 Å². The van der Waals surface area contributed by atoms with Gasteiger partial charge in [-0.05, 0) is 62.4 Å². The molecule has 4 rings (SSSR count). The molecule has 0 aliphatic rings. The number of hydrogen-bond donors (Lipinski definition) is 2. The Kier molecular flexibility index (Phi) is 5.78. The normalized spacial score (nSPS) is 12.3. The van der Waals surface area contributed by atoms with E-state index in [9.17, 15) is 13.2 Å². The molecule has 0 spiro atoms. The number of carbonyl (C=O) groups excluding carboxylic acids is 1. The number of benzene rings is 2. The second-order valence-corrected chi connectivity index (χ2v) is 8.81. The van der Waals surface area contributed by atoms with Crippen LogP contribution >= 0.6 is 0 Å². The lowest BCUT2D eigenvalue weighted by Gasteiger charge is -2.08. The highest BCUT2D eigenvalue weighted by Crippen LogP contribution is 2.23. The van der Waals surface area contributed by atoms with Gasteiger partial charge >= 0.3 is 0 Å². The fourth-order valence-corrected chi connectivity index (χ4v) is 3.94. The Morgan fingerprint density at radius 1 is 1.03 bits per heavy atom. The number of carbonyl (C=O) groups is 1. The molecule has 2 heterocycles. The van der Waals surface area contributed by atoms with Crippen LogP contribution in [0.25, 0.3) is 11.4 Å². The molecule has 0 aliphatic heterocycles. The van der Waals surface area contributed by atoms with E-state index in [0.29, 0.717) is 17.1 Å². The summed E-state index contributed by atoms with van der Waals surface area (Å²) in [6.07, 6.45) is 1.41. The summed E-state index contributed by atoms with van der Waals surface area (Å²) in [6, 6.07) is 15.8. The van der Waals surface area contributed by atoms with Crippen molar-refractivity contribution >= 4 is 21.6 Å². The first-order valence-electron chi connectivity index (χ1n) is 9.70. The smallest absolute Gasteiger partial charge is 0.287 e. The minimum absolute atomic E-state index is 0.181. The lowest BCUT2D eigenvalue weighted by molar-refractivity contribution is 0.0904. The van der Waals surface area contributed by atoms with Gasteiger partial charge < -0.3 is 14.3 Å². The average molecular weight is 452 g/mol. The van der Waals surface area contributed by atoms with Gasteiger partial charge in [-0.3, -0.25) is 9.52 Å². The molecule has 9 nitrogen and oxygen atoms in total. The van der Waals surface area contributed by atoms with Crippen LogP contribution in [-0.4, -0.2) is 24.5 Å². The van der Waals surface area contributed by atoms with Crippen LogP contribution in [0.4, 0.5) is 5.69 Å². The first-order chi connectivity index (χ1) is 15.3. The van der Waals surface area contributed by atoms with Crippen molar-refractivity contribution in [2.75, 3.05) is 4.72 Å². The second-order valence-electron chi connectivity index (χ2n) is 7.12. The van der Waals surface area contributed by atoms with Crippen molar-refractivity contribution in [2.24, 2.45) is 0 Å². The van der Waals surface area contributed by atoms with Gasteiger partial charge in [0.2, 0.25) is 11.7 Å². The first kappa shape index (κ1) is 21.3. The van der Waals surface area contributed by atoms with Gasteiger partial charge in [0, 0.05) is 11.3 Å². The first-order valence-corrected chi connectivity index (χ1v) is 11.2. The number of sulfonamides is 1. The average Bonchev–Trinajstić information content (AvgIpc) is 3.47. The highest BCUT2D eigenvalue weighted by atomic mass is 32.2. The van der Waals surface area contributed by atoms with Gasteiger partial charge in [-0.25, -0.2) is 8.42 Å². The molecule has 10 heteroatoms. The van der Waals surface area contributed by atoms with Crippen LogP contribution in [0.15, 0.2) is 80.8 Å². The Labute approximate surface area is 184 Å². The molecule has 2 aromatic heterocycles. The highest BCUT2D eigenvalue weighted by Gasteiger charge is 2.20. The number of amides is 1. The van der Waals surface area contributed by atoms with Gasteiger partial charge in [0.25, 0.3) is 15.9 Å². The predicted molar refractivity (Wildman–Crippen MR) is 116 cm³/mol. The predicted octanol–water partition coefficient (Wildman–Crippen LogP) is 3.93. The van der Waals surface area contributed by atoms with Crippen LogP contribution in [0.1, 0.15) is 35.0 Å². The van der Waals surface area contributed by atoms with Crippen LogP contribution in [0, 0.1) is 6.92 Å². The molecule has 32 heavy (non-hydrogen) atoms. The molecule has 1 unspecified atom stereocenters. The van der Waals surface area contributed by atoms with E-state index in [0.717, 1.165) is 5.56 Å². The zero-order valence-electron chi connectivity index (χ0n) is 17.3. The Hall–Kier alpha value is -3.92. The Morgan fingerprint density at radius 3 is 2.41 bits per heavy atom. The van der Waals surface area contributed by atoms with E-state index in [1.54, 1.807) is 67.6 Å². The van der Waals surface area contributed by atoms with Gasteiger partial charge in [0.1, 0.15) is 6.04 Å². The molecular formula is C22H20N4O5S. The minimum atomic E-state index is -3.69. The topological polar surface area (TPSA) is 127 Å². The zero-order valence-corrected chi connectivity index (χ0v) is 18.1. The van der Waals surface area contributed by atoms with E-state index in [1.165, 1.54) is 6.26 Å². The highest BCUT2D eigenvalue weighted by molar-refractivity contribution is 7.92. The number of nitrogens with one attached hydrogen (secondary N) is 2. The second kappa shape index (κ2) is 8.67. The molecule has 1 atom stereocenters. The maximum atomic E-state index is 12.5. The van der Waals surface area contributed by atoms with E-state index >= 15 is 0 Å². The van der Waals surface area contributed by atoms with E-state index < -0.39 is 22.0 Å². The van der Waals surface area contributed by atoms with E-state index in [1.807, 2.05) is 6.92 Å². The van der Waals surface area contributed by atoms with Crippen molar-refractivity contribution in [1.29, 1.82) is 0 Å². The molecule has 4 aromatic rings. The standard InChI is InChI=1S/C22H20N4O5S/c1-14-5-11-18(12-6-14)32(28,29)26-17-9-7-16(8-10-17)20-24-22(31-25-20)15(2)23-21(27)19-4-3-13-30-19/h3-13,15,26H,1-2H3,(H,23,27). The number of furan rings is 1. The SMILES string of the molecule is Cc1ccc(S(=O)(=O)Nc2ccc(-c3noc(C(C)NC(=O)c4ccco4)n3)cc2)cc1. The van der Waals surface area contributed by atoms with Gasteiger partial charge in [-0.15, -0.1) is 0 Å². The van der Waals surface area contributed by atoms with E-state index in [2.05, 4.69) is 20.2 Å². The molecular weight excluding hydrogens is 432 g/mol. The van der Waals surface area contributed by atoms with Crippen LogP contribution in [-0.2, 0) is 10.0 Å². The molecule has 164 valence electrons. The van der Waals surface area contributed by atoms with Gasteiger partial charge in [-0.1, -0.05) is 22.9 Å². The summed E-state index contributed by atoms with van der Waals surface area (Å²) < 4.78 is 37.9. The van der Waals surface area contributed by atoms with Gasteiger partial charge in [0.05, 0.1) is 11.2 Å². The van der Waals surface area contributed by atoms with Crippen molar-refractivity contribution in [1.82, 2.24) is 15.5 Å².